The minimum absolute atomic E-state index is 0.651. The Kier molecular flexibility index (Phi) is 5.08. The molecule has 106 valence electrons. The lowest BCUT2D eigenvalue weighted by molar-refractivity contribution is 0.127. The Morgan fingerprint density at radius 1 is 1.22 bits per heavy atom. The highest BCUT2D eigenvalue weighted by Gasteiger charge is 2.36. The Morgan fingerprint density at radius 2 is 1.94 bits per heavy atom. The van der Waals surface area contributed by atoms with Gasteiger partial charge in [-0.15, -0.1) is 0 Å². The highest BCUT2D eigenvalue weighted by Crippen LogP contribution is 2.43. The van der Waals surface area contributed by atoms with Gasteiger partial charge in [0.15, 0.2) is 0 Å². The number of hydrogen-bond acceptors (Lipinski definition) is 2. The van der Waals surface area contributed by atoms with Crippen molar-refractivity contribution in [3.8, 4) is 0 Å². The first kappa shape index (κ1) is 14.3. The Hall–Kier alpha value is -0.0800. The van der Waals surface area contributed by atoms with Crippen molar-refractivity contribution in [1.82, 2.24) is 10.2 Å². The summed E-state index contributed by atoms with van der Waals surface area (Å²) in [6.45, 7) is 12.2. The van der Waals surface area contributed by atoms with Crippen LogP contribution in [0, 0.1) is 11.3 Å². The molecule has 18 heavy (non-hydrogen) atoms. The van der Waals surface area contributed by atoms with Crippen molar-refractivity contribution in [2.75, 3.05) is 26.2 Å². The molecule has 0 spiro atoms. The summed E-state index contributed by atoms with van der Waals surface area (Å²) < 4.78 is 0. The van der Waals surface area contributed by atoms with Crippen LogP contribution in [0.2, 0.25) is 0 Å². The van der Waals surface area contributed by atoms with Crippen molar-refractivity contribution in [2.24, 2.45) is 11.3 Å². The highest BCUT2D eigenvalue weighted by molar-refractivity contribution is 4.89. The van der Waals surface area contributed by atoms with Gasteiger partial charge < -0.3 is 10.2 Å². The average Bonchev–Trinajstić information content (AvgIpc) is 2.61. The van der Waals surface area contributed by atoms with E-state index in [4.69, 9.17) is 0 Å². The van der Waals surface area contributed by atoms with E-state index in [1.54, 1.807) is 0 Å². The van der Waals surface area contributed by atoms with Crippen LogP contribution in [0.5, 0.6) is 0 Å². The fraction of sp³-hybridized carbons (Fsp3) is 1.00. The van der Waals surface area contributed by atoms with Gasteiger partial charge in [0, 0.05) is 19.1 Å². The van der Waals surface area contributed by atoms with Crippen molar-refractivity contribution < 1.29 is 0 Å². The molecular formula is C16H32N2. The molecular weight excluding hydrogens is 220 g/mol. The van der Waals surface area contributed by atoms with Crippen LogP contribution in [-0.2, 0) is 0 Å². The Bertz CT molecular complexity index is 243. The van der Waals surface area contributed by atoms with Crippen molar-refractivity contribution in [3.63, 3.8) is 0 Å². The van der Waals surface area contributed by atoms with Gasteiger partial charge in [-0.3, -0.25) is 0 Å². The third-order valence-electron chi connectivity index (χ3n) is 4.74. The maximum Gasteiger partial charge on any atom is 0.0166 e. The number of hydrogen-bond donors (Lipinski definition) is 1. The van der Waals surface area contributed by atoms with Gasteiger partial charge in [0.25, 0.3) is 0 Å². The van der Waals surface area contributed by atoms with Crippen molar-refractivity contribution in [3.05, 3.63) is 0 Å². The van der Waals surface area contributed by atoms with Crippen LogP contribution < -0.4 is 5.32 Å². The van der Waals surface area contributed by atoms with Gasteiger partial charge in [0.2, 0.25) is 0 Å². The molecule has 0 radical (unpaired) electrons. The minimum atomic E-state index is 0.651. The first-order valence-corrected chi connectivity index (χ1v) is 8.05. The Morgan fingerprint density at radius 3 is 2.61 bits per heavy atom. The summed E-state index contributed by atoms with van der Waals surface area (Å²) in [7, 11) is 0. The van der Waals surface area contributed by atoms with E-state index in [9.17, 15) is 0 Å². The molecule has 0 aromatic rings. The SMILES string of the molecule is CC(C)CC1(CN2CCCNC(C)C2)CCCC1. The fourth-order valence-electron chi connectivity index (χ4n) is 4.23. The van der Waals surface area contributed by atoms with E-state index < -0.39 is 0 Å². The first-order valence-electron chi connectivity index (χ1n) is 8.05. The summed E-state index contributed by atoms with van der Waals surface area (Å²) in [6, 6.07) is 0.671. The lowest BCUT2D eigenvalue weighted by Gasteiger charge is -2.37. The molecule has 0 bridgehead atoms. The largest absolute Gasteiger partial charge is 0.313 e. The highest BCUT2D eigenvalue weighted by atomic mass is 15.2. The van der Waals surface area contributed by atoms with Crippen LogP contribution in [0.3, 0.4) is 0 Å². The van der Waals surface area contributed by atoms with Gasteiger partial charge in [-0.2, -0.15) is 0 Å². The average molecular weight is 252 g/mol. The number of rotatable bonds is 4. The molecule has 1 saturated carbocycles. The lowest BCUT2D eigenvalue weighted by atomic mass is 9.78. The van der Waals surface area contributed by atoms with Crippen LogP contribution in [0.4, 0.5) is 0 Å². The van der Waals surface area contributed by atoms with Crippen LogP contribution in [0.25, 0.3) is 0 Å². The maximum absolute atomic E-state index is 3.61. The third-order valence-corrected chi connectivity index (χ3v) is 4.74. The second-order valence-corrected chi connectivity index (χ2v) is 7.25. The number of nitrogens with one attached hydrogen (secondary N) is 1. The standard InChI is InChI=1S/C16H32N2/c1-14(2)11-16(7-4-5-8-16)13-18-10-6-9-17-15(3)12-18/h14-15,17H,4-13H2,1-3H3. The van der Waals surface area contributed by atoms with Crippen molar-refractivity contribution in [2.45, 2.75) is 65.3 Å². The summed E-state index contributed by atoms with van der Waals surface area (Å²) in [5, 5.41) is 3.61. The van der Waals surface area contributed by atoms with Crippen LogP contribution in [-0.4, -0.2) is 37.1 Å². The van der Waals surface area contributed by atoms with E-state index >= 15 is 0 Å². The molecule has 0 amide bonds. The van der Waals surface area contributed by atoms with E-state index in [0.717, 1.165) is 5.92 Å². The molecule has 1 heterocycles. The molecule has 2 fully saturated rings. The smallest absolute Gasteiger partial charge is 0.0166 e. The van der Waals surface area contributed by atoms with Crippen molar-refractivity contribution in [1.29, 1.82) is 0 Å². The zero-order valence-electron chi connectivity index (χ0n) is 12.7. The summed E-state index contributed by atoms with van der Waals surface area (Å²) in [5.41, 5.74) is 0.651. The molecule has 1 unspecified atom stereocenters. The molecule has 1 aliphatic carbocycles. The van der Waals surface area contributed by atoms with Gasteiger partial charge in [0.05, 0.1) is 0 Å². The third kappa shape index (κ3) is 3.96. The van der Waals surface area contributed by atoms with Crippen molar-refractivity contribution >= 4 is 0 Å². The van der Waals surface area contributed by atoms with Crippen LogP contribution in [0.15, 0.2) is 0 Å². The van der Waals surface area contributed by atoms with E-state index in [2.05, 4.69) is 31.0 Å². The van der Waals surface area contributed by atoms with Gasteiger partial charge in [-0.1, -0.05) is 26.7 Å². The topological polar surface area (TPSA) is 15.3 Å². The molecule has 2 aliphatic rings. The van der Waals surface area contributed by atoms with Crippen LogP contribution in [0.1, 0.15) is 59.3 Å². The quantitative estimate of drug-likeness (QED) is 0.826. The predicted octanol–water partition coefficient (Wildman–Crippen LogP) is 3.28. The zero-order chi connectivity index (χ0) is 13.0. The van der Waals surface area contributed by atoms with E-state index in [0.29, 0.717) is 11.5 Å². The summed E-state index contributed by atoms with van der Waals surface area (Å²) in [5.74, 6) is 0.852. The molecule has 2 nitrogen and oxygen atoms in total. The van der Waals surface area contributed by atoms with Gasteiger partial charge in [-0.25, -0.2) is 0 Å². The van der Waals surface area contributed by atoms with E-state index in [-0.39, 0.29) is 0 Å². The second kappa shape index (κ2) is 6.38. The zero-order valence-corrected chi connectivity index (χ0v) is 12.7. The summed E-state index contributed by atoms with van der Waals surface area (Å²) >= 11 is 0. The normalized spacial score (nSPS) is 29.7. The van der Waals surface area contributed by atoms with Gasteiger partial charge in [0.1, 0.15) is 0 Å². The molecule has 0 aromatic carbocycles. The molecule has 2 heteroatoms. The Balaban J connectivity index is 1.95. The van der Waals surface area contributed by atoms with E-state index in [1.807, 2.05) is 0 Å². The summed E-state index contributed by atoms with van der Waals surface area (Å²) in [6.07, 6.45) is 8.64. The molecule has 1 aliphatic heterocycles. The molecule has 2 rings (SSSR count). The second-order valence-electron chi connectivity index (χ2n) is 7.25. The van der Waals surface area contributed by atoms with Gasteiger partial charge >= 0.3 is 0 Å². The van der Waals surface area contributed by atoms with Crippen LogP contribution >= 0.6 is 0 Å². The Labute approximate surface area is 114 Å². The molecule has 1 saturated heterocycles. The molecule has 0 aromatic heterocycles. The summed E-state index contributed by atoms with van der Waals surface area (Å²) in [4.78, 5) is 2.75. The fourth-order valence-corrected chi connectivity index (χ4v) is 4.23. The monoisotopic (exact) mass is 252 g/mol. The predicted molar refractivity (Wildman–Crippen MR) is 78.9 cm³/mol. The van der Waals surface area contributed by atoms with E-state index in [1.165, 1.54) is 64.7 Å². The minimum Gasteiger partial charge on any atom is -0.313 e. The molecule has 1 N–H and O–H groups in total. The lowest BCUT2D eigenvalue weighted by Crippen LogP contribution is -2.41. The van der Waals surface area contributed by atoms with Gasteiger partial charge in [-0.05, 0) is 57.0 Å². The maximum atomic E-state index is 3.61. The first-order chi connectivity index (χ1) is 8.60. The molecule has 1 atom stereocenters. The number of nitrogens with zero attached hydrogens (tertiary/aromatic N) is 1.